The maximum absolute atomic E-state index is 13.5. The molecule has 1 aromatic carbocycles. The van der Waals surface area contributed by atoms with Crippen molar-refractivity contribution in [2.75, 3.05) is 33.2 Å². The quantitative estimate of drug-likeness (QED) is 0.672. The van der Waals surface area contributed by atoms with Gasteiger partial charge in [-0.3, -0.25) is 9.69 Å². The minimum absolute atomic E-state index is 0.190. The van der Waals surface area contributed by atoms with Crippen LogP contribution in [0.1, 0.15) is 31.9 Å². The van der Waals surface area contributed by atoms with E-state index >= 15 is 0 Å². The molecule has 8 heteroatoms. The van der Waals surface area contributed by atoms with Crippen molar-refractivity contribution >= 4 is 17.9 Å². The fourth-order valence-corrected chi connectivity index (χ4v) is 4.56. The Balaban J connectivity index is 1.57. The number of carbonyl (C=O) groups excluding carboxylic acids is 2. The number of guanidine groups is 1. The summed E-state index contributed by atoms with van der Waals surface area (Å²) in [5.41, 5.74) is 3.11. The summed E-state index contributed by atoms with van der Waals surface area (Å²) in [6.07, 6.45) is 1.50. The average molecular weight is 425 g/mol. The minimum atomic E-state index is -0.518. The standard InChI is InChI=1S/C23H32N6O2/c1-6-26(7-2)12-13-27-17(4)14-28-19-20(24-22(27)28)25(5)23(31)29(21(19)30)15-18-11-9-8-10-16(18)3/h8-11,14,19-20H,6-7,12-13,15H2,1-5H3. The zero-order valence-electron chi connectivity index (χ0n) is 19.1. The van der Waals surface area contributed by atoms with E-state index in [1.807, 2.05) is 49.2 Å². The van der Waals surface area contributed by atoms with Crippen molar-refractivity contribution in [2.24, 2.45) is 4.99 Å². The van der Waals surface area contributed by atoms with Gasteiger partial charge in [0, 0.05) is 32.0 Å². The van der Waals surface area contributed by atoms with E-state index in [4.69, 9.17) is 4.99 Å². The third kappa shape index (κ3) is 3.59. The fourth-order valence-electron chi connectivity index (χ4n) is 4.56. The first-order valence-electron chi connectivity index (χ1n) is 11.0. The van der Waals surface area contributed by atoms with Crippen molar-refractivity contribution < 1.29 is 9.59 Å². The molecule has 2 atom stereocenters. The molecule has 2 unspecified atom stereocenters. The van der Waals surface area contributed by atoms with Gasteiger partial charge in [0.2, 0.25) is 5.96 Å². The number of amides is 3. The number of benzene rings is 1. The summed E-state index contributed by atoms with van der Waals surface area (Å²) < 4.78 is 0. The largest absolute Gasteiger partial charge is 0.328 e. The molecule has 8 nitrogen and oxygen atoms in total. The molecule has 0 saturated carbocycles. The first-order chi connectivity index (χ1) is 14.9. The number of imide groups is 1. The second-order valence-electron chi connectivity index (χ2n) is 8.39. The topological polar surface area (TPSA) is 62.7 Å². The van der Waals surface area contributed by atoms with Gasteiger partial charge in [0.1, 0.15) is 0 Å². The summed E-state index contributed by atoms with van der Waals surface area (Å²) in [6, 6.07) is 7.05. The second-order valence-corrected chi connectivity index (χ2v) is 8.39. The SMILES string of the molecule is CCN(CC)CCN1C(C)=CN2C1=NC1C2C(=O)N(Cc2ccccc2C)C(=O)N1C. The molecule has 31 heavy (non-hydrogen) atoms. The fraction of sp³-hybridized carbons (Fsp3) is 0.522. The molecule has 166 valence electrons. The predicted octanol–water partition coefficient (Wildman–Crippen LogP) is 2.27. The molecule has 0 radical (unpaired) electrons. The van der Waals surface area contributed by atoms with E-state index in [1.165, 1.54) is 4.90 Å². The maximum atomic E-state index is 13.5. The van der Waals surface area contributed by atoms with Crippen LogP contribution >= 0.6 is 0 Å². The number of urea groups is 1. The maximum Gasteiger partial charge on any atom is 0.328 e. The van der Waals surface area contributed by atoms with Crippen LogP contribution in [0.5, 0.6) is 0 Å². The lowest BCUT2D eigenvalue weighted by atomic mass is 10.1. The number of hydrogen-bond donors (Lipinski definition) is 0. The highest BCUT2D eigenvalue weighted by Gasteiger charge is 2.54. The molecule has 0 N–H and O–H groups in total. The van der Waals surface area contributed by atoms with Gasteiger partial charge in [0.25, 0.3) is 5.91 Å². The minimum Gasteiger partial charge on any atom is -0.313 e. The van der Waals surface area contributed by atoms with Crippen LogP contribution in [0.15, 0.2) is 41.2 Å². The number of carbonyl (C=O) groups is 2. The molecule has 3 aliphatic heterocycles. The van der Waals surface area contributed by atoms with Crippen molar-refractivity contribution in [1.82, 2.24) is 24.5 Å². The Morgan fingerprint density at radius 2 is 1.77 bits per heavy atom. The molecule has 1 fully saturated rings. The van der Waals surface area contributed by atoms with Crippen molar-refractivity contribution in [1.29, 1.82) is 0 Å². The van der Waals surface area contributed by atoms with Crippen molar-refractivity contribution in [3.8, 4) is 0 Å². The van der Waals surface area contributed by atoms with Gasteiger partial charge in [-0.1, -0.05) is 38.1 Å². The number of aliphatic imine (C=N–C) groups is 1. The Hall–Kier alpha value is -2.87. The van der Waals surface area contributed by atoms with E-state index in [9.17, 15) is 9.59 Å². The molecular weight excluding hydrogens is 392 g/mol. The Morgan fingerprint density at radius 1 is 1.06 bits per heavy atom. The summed E-state index contributed by atoms with van der Waals surface area (Å²) in [5, 5.41) is 0. The third-order valence-electron chi connectivity index (χ3n) is 6.63. The summed E-state index contributed by atoms with van der Waals surface area (Å²) in [6.45, 7) is 12.4. The lowest BCUT2D eigenvalue weighted by Gasteiger charge is -2.40. The summed E-state index contributed by atoms with van der Waals surface area (Å²) in [5.74, 6) is 0.579. The molecule has 0 aromatic heterocycles. The Labute approximate surface area is 184 Å². The highest BCUT2D eigenvalue weighted by atomic mass is 16.2. The van der Waals surface area contributed by atoms with Crippen LogP contribution in [0.3, 0.4) is 0 Å². The molecule has 3 aliphatic rings. The van der Waals surface area contributed by atoms with Crippen molar-refractivity contribution in [3.05, 3.63) is 47.3 Å². The highest BCUT2D eigenvalue weighted by Crippen LogP contribution is 2.34. The van der Waals surface area contributed by atoms with Crippen molar-refractivity contribution in [3.63, 3.8) is 0 Å². The van der Waals surface area contributed by atoms with Crippen LogP contribution in [0, 0.1) is 6.92 Å². The van der Waals surface area contributed by atoms with E-state index in [0.717, 1.165) is 49.0 Å². The second kappa shape index (κ2) is 8.34. The van der Waals surface area contributed by atoms with Gasteiger partial charge in [-0.2, -0.15) is 0 Å². The molecule has 0 bridgehead atoms. The molecule has 1 aromatic rings. The monoisotopic (exact) mass is 424 g/mol. The summed E-state index contributed by atoms with van der Waals surface area (Å²) >= 11 is 0. The van der Waals surface area contributed by atoms with E-state index in [-0.39, 0.29) is 18.5 Å². The average Bonchev–Trinajstić information content (AvgIpc) is 3.27. The predicted molar refractivity (Wildman–Crippen MR) is 120 cm³/mol. The van der Waals surface area contributed by atoms with Gasteiger partial charge >= 0.3 is 6.03 Å². The number of hydrogen-bond acceptors (Lipinski definition) is 6. The molecule has 3 heterocycles. The van der Waals surface area contributed by atoms with Gasteiger partial charge in [-0.25, -0.2) is 9.79 Å². The number of likely N-dealkylation sites (N-methyl/N-ethyl adjacent to an activating group) is 2. The van der Waals surface area contributed by atoms with Crippen LogP contribution in [0.2, 0.25) is 0 Å². The lowest BCUT2D eigenvalue weighted by Crippen LogP contribution is -2.63. The molecule has 1 saturated heterocycles. The van der Waals surface area contributed by atoms with Crippen LogP contribution in [-0.4, -0.2) is 87.8 Å². The van der Waals surface area contributed by atoms with Crippen LogP contribution in [-0.2, 0) is 11.3 Å². The van der Waals surface area contributed by atoms with Gasteiger partial charge in [-0.05, 0) is 38.1 Å². The van der Waals surface area contributed by atoms with Gasteiger partial charge in [0.15, 0.2) is 12.2 Å². The lowest BCUT2D eigenvalue weighted by molar-refractivity contribution is -0.137. The number of allylic oxidation sites excluding steroid dienone is 1. The molecule has 0 aliphatic carbocycles. The summed E-state index contributed by atoms with van der Waals surface area (Å²) in [7, 11) is 1.74. The van der Waals surface area contributed by atoms with Gasteiger partial charge < -0.3 is 19.6 Å². The molecule has 0 spiro atoms. The Bertz CT molecular complexity index is 938. The van der Waals surface area contributed by atoms with Crippen LogP contribution in [0.25, 0.3) is 0 Å². The van der Waals surface area contributed by atoms with E-state index in [0.29, 0.717) is 0 Å². The van der Waals surface area contributed by atoms with Gasteiger partial charge in [-0.15, -0.1) is 0 Å². The van der Waals surface area contributed by atoms with Crippen molar-refractivity contribution in [2.45, 2.75) is 46.4 Å². The Kier molecular flexibility index (Phi) is 5.75. The number of aryl methyl sites for hydroxylation is 1. The smallest absolute Gasteiger partial charge is 0.313 e. The van der Waals surface area contributed by atoms with E-state index in [1.54, 1.807) is 11.9 Å². The zero-order valence-corrected chi connectivity index (χ0v) is 19.1. The summed E-state index contributed by atoms with van der Waals surface area (Å²) in [4.78, 5) is 40.8. The molecule has 3 amide bonds. The number of fused-ring (bicyclic) bond motifs is 3. The van der Waals surface area contributed by atoms with Crippen LogP contribution in [0.4, 0.5) is 4.79 Å². The van der Waals surface area contributed by atoms with Gasteiger partial charge in [0.05, 0.1) is 6.54 Å². The Morgan fingerprint density at radius 3 is 2.45 bits per heavy atom. The first-order valence-corrected chi connectivity index (χ1v) is 11.0. The third-order valence-corrected chi connectivity index (χ3v) is 6.63. The zero-order chi connectivity index (χ0) is 22.3. The first kappa shape index (κ1) is 21.4. The normalized spacial score (nSPS) is 22.9. The molecule has 4 rings (SSSR count). The highest BCUT2D eigenvalue weighted by molar-refractivity contribution is 6.04. The van der Waals surface area contributed by atoms with E-state index in [2.05, 4.69) is 23.6 Å². The number of nitrogens with zero attached hydrogens (tertiary/aromatic N) is 6. The van der Waals surface area contributed by atoms with Crippen LogP contribution < -0.4 is 0 Å². The van der Waals surface area contributed by atoms with E-state index < -0.39 is 12.2 Å². The number of rotatable bonds is 7. The molecular formula is C23H32N6O2.